The molecule has 1 aromatic heterocycles. The van der Waals surface area contributed by atoms with Gasteiger partial charge in [0.05, 0.1) is 12.2 Å². The molecule has 9 N–H and O–H groups in total. The highest BCUT2D eigenvalue weighted by Crippen LogP contribution is 2.40. The van der Waals surface area contributed by atoms with Crippen molar-refractivity contribution in [3.05, 3.63) is 40.6 Å². The van der Waals surface area contributed by atoms with Gasteiger partial charge in [0, 0.05) is 17.7 Å². The molecule has 2 saturated heterocycles. The van der Waals surface area contributed by atoms with Gasteiger partial charge < -0.3 is 69.3 Å². The van der Waals surface area contributed by atoms with Crippen molar-refractivity contribution in [2.75, 3.05) is 0 Å². The maximum Gasteiger partial charge on any atom is 0.239 e. The molecular formula is C27H30O15. The minimum absolute atomic E-state index is 0.000938. The van der Waals surface area contributed by atoms with Gasteiger partial charge in [-0.05, 0) is 32.0 Å². The number of phenolic OH excluding ortho intramolecular Hbond substituents is 3. The second kappa shape index (κ2) is 11.2. The van der Waals surface area contributed by atoms with E-state index in [-0.39, 0.29) is 22.7 Å². The minimum Gasteiger partial charge on any atom is -0.507 e. The van der Waals surface area contributed by atoms with Crippen LogP contribution in [0.5, 0.6) is 28.7 Å². The topological polar surface area (TPSA) is 249 Å². The van der Waals surface area contributed by atoms with Crippen molar-refractivity contribution in [3.8, 4) is 40.1 Å². The summed E-state index contributed by atoms with van der Waals surface area (Å²) in [5.74, 6) is -2.89. The van der Waals surface area contributed by atoms with E-state index in [2.05, 4.69) is 0 Å². The lowest BCUT2D eigenvalue weighted by molar-refractivity contribution is -0.268. The molecular weight excluding hydrogens is 564 g/mol. The van der Waals surface area contributed by atoms with Crippen LogP contribution in [-0.2, 0) is 9.47 Å². The quantitative estimate of drug-likeness (QED) is 0.161. The fourth-order valence-electron chi connectivity index (χ4n) is 4.76. The average molecular weight is 595 g/mol. The molecule has 15 nitrogen and oxygen atoms in total. The molecule has 2 aliphatic heterocycles. The Bertz CT molecular complexity index is 1520. The van der Waals surface area contributed by atoms with Gasteiger partial charge in [-0.2, -0.15) is 0 Å². The van der Waals surface area contributed by atoms with Crippen LogP contribution in [0.2, 0.25) is 0 Å². The lowest BCUT2D eigenvalue weighted by atomic mass is 10.00. The largest absolute Gasteiger partial charge is 0.507 e. The molecule has 10 atom stereocenters. The second-order valence-electron chi connectivity index (χ2n) is 10.2. The molecule has 42 heavy (non-hydrogen) atoms. The summed E-state index contributed by atoms with van der Waals surface area (Å²) in [5, 5.41) is 91.2. The zero-order valence-corrected chi connectivity index (χ0v) is 22.1. The van der Waals surface area contributed by atoms with Crippen molar-refractivity contribution in [2.45, 2.75) is 75.3 Å². The predicted molar refractivity (Wildman–Crippen MR) is 139 cm³/mol. The van der Waals surface area contributed by atoms with E-state index in [0.717, 1.165) is 24.3 Å². The molecule has 0 spiro atoms. The lowest BCUT2D eigenvalue weighted by Gasteiger charge is -2.39. The van der Waals surface area contributed by atoms with Crippen LogP contribution in [0.15, 0.2) is 39.5 Å². The van der Waals surface area contributed by atoms with Crippen molar-refractivity contribution < 1.29 is 69.3 Å². The minimum atomic E-state index is -1.81. The summed E-state index contributed by atoms with van der Waals surface area (Å²) in [6.07, 6.45) is -14.7. The molecule has 2 aliphatic rings. The van der Waals surface area contributed by atoms with Gasteiger partial charge in [-0.25, -0.2) is 0 Å². The fourth-order valence-corrected chi connectivity index (χ4v) is 4.76. The van der Waals surface area contributed by atoms with E-state index in [1.807, 2.05) is 0 Å². The van der Waals surface area contributed by atoms with Gasteiger partial charge in [0.1, 0.15) is 59.1 Å². The van der Waals surface area contributed by atoms with Crippen molar-refractivity contribution >= 4 is 11.0 Å². The Morgan fingerprint density at radius 2 is 1.24 bits per heavy atom. The zero-order chi connectivity index (χ0) is 30.6. The Labute approximate surface area is 236 Å². The highest BCUT2D eigenvalue weighted by molar-refractivity contribution is 5.88. The summed E-state index contributed by atoms with van der Waals surface area (Å²) in [4.78, 5) is 13.7. The zero-order valence-electron chi connectivity index (χ0n) is 22.1. The molecule has 15 heteroatoms. The van der Waals surface area contributed by atoms with Gasteiger partial charge >= 0.3 is 0 Å². The summed E-state index contributed by atoms with van der Waals surface area (Å²) >= 11 is 0. The first-order valence-corrected chi connectivity index (χ1v) is 12.9. The number of hydrogen-bond acceptors (Lipinski definition) is 15. The van der Waals surface area contributed by atoms with Crippen LogP contribution in [0.3, 0.4) is 0 Å². The predicted octanol–water partition coefficient (Wildman–Crippen LogP) is -1.01. The Balaban J connectivity index is 1.61. The van der Waals surface area contributed by atoms with E-state index in [1.54, 1.807) is 0 Å². The fraction of sp³-hybridized carbons (Fsp3) is 0.444. The van der Waals surface area contributed by atoms with E-state index in [4.69, 9.17) is 23.4 Å². The van der Waals surface area contributed by atoms with Gasteiger partial charge in [-0.3, -0.25) is 4.79 Å². The Morgan fingerprint density at radius 3 is 1.81 bits per heavy atom. The van der Waals surface area contributed by atoms with E-state index in [1.165, 1.54) is 19.9 Å². The smallest absolute Gasteiger partial charge is 0.239 e. The van der Waals surface area contributed by atoms with Crippen LogP contribution in [0.1, 0.15) is 13.8 Å². The SMILES string of the molecule is C[C@@H]1O[C@H](Oc2c(-c3ccc(O)c(O)c3)oc3cc(O[C@@H]4O[C@@H](C)[C@@H](O)[C@@H](O)[C@H]4O)cc(O)c3c2=O)[C@H](O)[C@H](O)[C@H]1O. The van der Waals surface area contributed by atoms with Crippen LogP contribution in [-0.4, -0.2) is 107 Å². The van der Waals surface area contributed by atoms with Crippen LogP contribution in [0.4, 0.5) is 0 Å². The number of benzene rings is 2. The van der Waals surface area contributed by atoms with Gasteiger partial charge in [0.2, 0.25) is 23.8 Å². The molecule has 0 unspecified atom stereocenters. The molecule has 0 amide bonds. The molecule has 3 heterocycles. The number of fused-ring (bicyclic) bond motifs is 1. The highest BCUT2D eigenvalue weighted by Gasteiger charge is 2.45. The number of aliphatic hydroxyl groups excluding tert-OH is 6. The second-order valence-corrected chi connectivity index (χ2v) is 10.2. The maximum absolute atomic E-state index is 13.7. The van der Waals surface area contributed by atoms with E-state index in [0.29, 0.717) is 0 Å². The van der Waals surface area contributed by atoms with Crippen LogP contribution >= 0.6 is 0 Å². The lowest BCUT2D eigenvalue weighted by Crippen LogP contribution is -2.58. The molecule has 0 aliphatic carbocycles. The molecule has 3 aromatic rings. The number of aliphatic hydroxyl groups is 6. The summed E-state index contributed by atoms with van der Waals surface area (Å²) < 4.78 is 28.0. The number of ether oxygens (including phenoxy) is 4. The Hall–Kier alpha value is -3.67. The Kier molecular flexibility index (Phi) is 7.95. The monoisotopic (exact) mass is 594 g/mol. The molecule has 228 valence electrons. The van der Waals surface area contributed by atoms with Crippen molar-refractivity contribution in [1.29, 1.82) is 0 Å². The van der Waals surface area contributed by atoms with E-state index >= 15 is 0 Å². The van der Waals surface area contributed by atoms with E-state index in [9.17, 15) is 50.8 Å². The molecule has 5 rings (SSSR count). The number of hydrogen-bond donors (Lipinski definition) is 9. The van der Waals surface area contributed by atoms with Crippen molar-refractivity contribution in [3.63, 3.8) is 0 Å². The van der Waals surface area contributed by atoms with Gasteiger partial charge in [-0.15, -0.1) is 0 Å². The summed E-state index contributed by atoms with van der Waals surface area (Å²) in [7, 11) is 0. The molecule has 2 fully saturated rings. The molecule has 2 aromatic carbocycles. The number of phenols is 3. The first-order valence-electron chi connectivity index (χ1n) is 12.9. The third kappa shape index (κ3) is 5.21. The third-order valence-electron chi connectivity index (χ3n) is 7.25. The average Bonchev–Trinajstić information content (AvgIpc) is 2.94. The van der Waals surface area contributed by atoms with Crippen LogP contribution in [0, 0.1) is 0 Å². The van der Waals surface area contributed by atoms with Crippen molar-refractivity contribution in [1.82, 2.24) is 0 Å². The maximum atomic E-state index is 13.7. The Morgan fingerprint density at radius 1 is 0.667 bits per heavy atom. The highest BCUT2D eigenvalue weighted by atomic mass is 16.7. The first-order chi connectivity index (χ1) is 19.8. The molecule has 0 saturated carbocycles. The normalized spacial score (nSPS) is 33.4. The van der Waals surface area contributed by atoms with Crippen molar-refractivity contribution in [2.24, 2.45) is 0 Å². The number of rotatable bonds is 5. The number of aromatic hydroxyl groups is 3. The molecule has 0 radical (unpaired) electrons. The first kappa shape index (κ1) is 29.8. The van der Waals surface area contributed by atoms with Crippen LogP contribution in [0.25, 0.3) is 22.3 Å². The van der Waals surface area contributed by atoms with Crippen LogP contribution < -0.4 is 14.9 Å². The summed E-state index contributed by atoms with van der Waals surface area (Å²) in [6.45, 7) is 2.85. The van der Waals surface area contributed by atoms with Gasteiger partial charge in [-0.1, -0.05) is 0 Å². The van der Waals surface area contributed by atoms with Gasteiger partial charge in [0.15, 0.2) is 17.3 Å². The van der Waals surface area contributed by atoms with E-state index < -0.39 is 95.2 Å². The standard InChI is InChI=1S/C27H30O15/c1-8-17(31)20(34)22(36)26(38-8)40-11-6-14(30)16-15(7-11)41-24(10-3-4-12(28)13(29)5-10)25(19(16)33)42-27-23(37)21(35)18(32)9(2)39-27/h3-9,17-18,20-23,26-32,34-37H,1-2H3/t8-,9-,17+,18-,20+,21+,22+,23+,26-,27+/m0/s1. The molecule has 0 bridgehead atoms. The van der Waals surface area contributed by atoms with Gasteiger partial charge in [0.25, 0.3) is 0 Å². The summed E-state index contributed by atoms with van der Waals surface area (Å²) in [5.41, 5.74) is -1.26. The third-order valence-corrected chi connectivity index (χ3v) is 7.25. The summed E-state index contributed by atoms with van der Waals surface area (Å²) in [6, 6.07) is 5.59.